The molecule has 2 aromatic rings. The Bertz CT molecular complexity index is 1850. The monoisotopic (exact) mass is 811 g/mol. The third-order valence-electron chi connectivity index (χ3n) is 10.6. The van der Waals surface area contributed by atoms with Crippen LogP contribution in [0.1, 0.15) is 75.7 Å². The van der Waals surface area contributed by atoms with Crippen LogP contribution in [0.25, 0.3) is 0 Å². The van der Waals surface area contributed by atoms with Gasteiger partial charge in [0.15, 0.2) is 0 Å². The van der Waals surface area contributed by atoms with Crippen LogP contribution in [0, 0.1) is 17.7 Å². The van der Waals surface area contributed by atoms with Gasteiger partial charge in [-0.05, 0) is 69.2 Å². The highest BCUT2D eigenvalue weighted by molar-refractivity contribution is 6.31. The molecule has 3 fully saturated rings. The first-order chi connectivity index (χ1) is 27.0. The molecule has 308 valence electrons. The fourth-order valence-electron chi connectivity index (χ4n) is 7.65. The highest BCUT2D eigenvalue weighted by Crippen LogP contribution is 2.27. The van der Waals surface area contributed by atoms with Crippen molar-refractivity contribution in [2.24, 2.45) is 11.8 Å². The number of hydrogen-bond donors (Lipinski definition) is 7. The number of carbonyl (C=O) groups is 7. The summed E-state index contributed by atoms with van der Waals surface area (Å²) in [4.78, 5) is 98.1. The molecule has 2 aromatic carbocycles. The zero-order valence-electron chi connectivity index (χ0n) is 32.4. The van der Waals surface area contributed by atoms with Gasteiger partial charge in [-0.2, -0.15) is 0 Å². The number of benzene rings is 2. The van der Waals surface area contributed by atoms with Gasteiger partial charge >= 0.3 is 0 Å². The minimum absolute atomic E-state index is 0.0653. The minimum atomic E-state index is -1.56. The number of aliphatic hydroxyl groups excluding tert-OH is 1. The van der Waals surface area contributed by atoms with Crippen LogP contribution < -0.4 is 31.9 Å². The van der Waals surface area contributed by atoms with Crippen LogP contribution >= 0.6 is 11.6 Å². The lowest BCUT2D eigenvalue weighted by Gasteiger charge is -2.31. The maximum absolute atomic E-state index is 14.7. The van der Waals surface area contributed by atoms with Crippen molar-refractivity contribution < 1.29 is 43.1 Å². The summed E-state index contributed by atoms with van der Waals surface area (Å²) in [5.74, 6) is -6.55. The summed E-state index contributed by atoms with van der Waals surface area (Å²) >= 11 is 6.02. The zero-order valence-corrected chi connectivity index (χ0v) is 33.1. The number of hydrogen-bond acceptors (Lipinski definition) is 8. The third-order valence-corrected chi connectivity index (χ3v) is 10.9. The van der Waals surface area contributed by atoms with Crippen LogP contribution in [0.5, 0.6) is 0 Å². The molecule has 5 rings (SSSR count). The molecule has 0 radical (unpaired) electrons. The molecule has 1 unspecified atom stereocenters. The van der Waals surface area contributed by atoms with E-state index < -0.39 is 101 Å². The van der Waals surface area contributed by atoms with Crippen molar-refractivity contribution in [3.63, 3.8) is 0 Å². The Morgan fingerprint density at radius 1 is 0.877 bits per heavy atom. The van der Waals surface area contributed by atoms with Crippen LogP contribution in [0.4, 0.5) is 4.39 Å². The van der Waals surface area contributed by atoms with E-state index in [1.165, 1.54) is 24.8 Å². The van der Waals surface area contributed by atoms with Crippen LogP contribution in [0.3, 0.4) is 0 Å². The van der Waals surface area contributed by atoms with Crippen molar-refractivity contribution in [1.29, 1.82) is 0 Å². The molecule has 1 aliphatic carbocycles. The largest absolute Gasteiger partial charge is 0.391 e. The SMILES string of the molecule is CC(C)C[C@@H]1NC(=O)[C@@H]2CCC[C@H]2NC(=O)[C@H](C)NC(=O)C2C[C@@H](NC(=O)c3cc(Cl)ccc3F)CN2C(=O)[C@H](Cc2ccccc2)NC(=O)[C@H]([C@@H](C)O)NC1=O. The lowest BCUT2D eigenvalue weighted by Crippen LogP contribution is -2.61. The fourth-order valence-corrected chi connectivity index (χ4v) is 7.82. The summed E-state index contributed by atoms with van der Waals surface area (Å²) in [5, 5.41) is 27.2. The number of halogens is 2. The van der Waals surface area contributed by atoms with Gasteiger partial charge in [0.1, 0.15) is 36.0 Å². The normalized spacial score (nSPS) is 28.4. The molecule has 0 aromatic heterocycles. The van der Waals surface area contributed by atoms with Crippen molar-refractivity contribution >= 4 is 53.0 Å². The highest BCUT2D eigenvalue weighted by atomic mass is 35.5. The van der Waals surface area contributed by atoms with Crippen molar-refractivity contribution in [2.45, 2.75) is 115 Å². The smallest absolute Gasteiger partial charge is 0.254 e. The topological polar surface area (TPSA) is 215 Å². The van der Waals surface area contributed by atoms with E-state index in [0.29, 0.717) is 24.8 Å². The Labute approximate surface area is 335 Å². The Hall–Kier alpha value is -5.09. The van der Waals surface area contributed by atoms with E-state index in [4.69, 9.17) is 11.6 Å². The maximum Gasteiger partial charge on any atom is 0.254 e. The molecule has 2 heterocycles. The van der Waals surface area contributed by atoms with E-state index in [1.807, 2.05) is 13.8 Å². The third kappa shape index (κ3) is 10.9. The van der Waals surface area contributed by atoms with Gasteiger partial charge in [-0.1, -0.05) is 62.2 Å². The Kier molecular flexibility index (Phi) is 14.3. The summed E-state index contributed by atoms with van der Waals surface area (Å²) in [6, 6.07) is 4.28. The highest BCUT2D eigenvalue weighted by Gasteiger charge is 2.45. The first kappa shape index (κ1) is 43.0. The average Bonchev–Trinajstić information content (AvgIpc) is 3.80. The molecule has 3 aliphatic rings. The lowest BCUT2D eigenvalue weighted by atomic mass is 9.98. The van der Waals surface area contributed by atoms with Gasteiger partial charge in [-0.3, -0.25) is 33.6 Å². The number of rotatable bonds is 7. The van der Waals surface area contributed by atoms with Crippen LogP contribution in [-0.2, 0) is 35.2 Å². The van der Waals surface area contributed by atoms with E-state index in [9.17, 15) is 43.1 Å². The molecule has 9 atom stereocenters. The molecule has 0 bridgehead atoms. The second-order valence-corrected chi connectivity index (χ2v) is 16.0. The molecule has 1 saturated carbocycles. The molecule has 2 saturated heterocycles. The van der Waals surface area contributed by atoms with Crippen molar-refractivity contribution in [3.05, 3.63) is 70.5 Å². The number of nitrogens with zero attached hydrogens (tertiary/aromatic N) is 1. The standard InChI is InChI=1S/C40H51ClFN7O8/c1-20(2)15-30-37(54)48-33(22(4)50)39(56)47-31(16-23-9-6-5-7-10-23)40(57)49-19-25(44-36(53)27-17-24(41)13-14-28(27)42)18-32(49)38(55)43-21(3)34(51)45-29-12-8-11-26(29)35(52)46-30/h5-7,9-10,13-14,17,20-22,25-26,29-33,50H,8,11-12,15-16,18-19H2,1-4H3,(H,43,55)(H,44,53)(H,45,51)(H,46,52)(H,47,56)(H,48,54)/t21-,22+,25+,26+,29+,30-,31-,32?,33-/m0/s1. The van der Waals surface area contributed by atoms with E-state index in [2.05, 4.69) is 31.9 Å². The Morgan fingerprint density at radius 3 is 2.26 bits per heavy atom. The van der Waals surface area contributed by atoms with Crippen molar-refractivity contribution in [1.82, 2.24) is 36.8 Å². The van der Waals surface area contributed by atoms with Gasteiger partial charge < -0.3 is 41.9 Å². The van der Waals surface area contributed by atoms with Gasteiger partial charge in [0.25, 0.3) is 5.91 Å². The maximum atomic E-state index is 14.7. The number of amides is 7. The van der Waals surface area contributed by atoms with E-state index in [0.717, 1.165) is 12.1 Å². The predicted molar refractivity (Wildman–Crippen MR) is 207 cm³/mol. The Balaban J connectivity index is 1.52. The van der Waals surface area contributed by atoms with Gasteiger partial charge in [-0.25, -0.2) is 4.39 Å². The second-order valence-electron chi connectivity index (χ2n) is 15.6. The van der Waals surface area contributed by atoms with Gasteiger partial charge in [0, 0.05) is 30.1 Å². The van der Waals surface area contributed by atoms with Crippen LogP contribution in [-0.4, -0.2) is 106 Å². The predicted octanol–water partition coefficient (Wildman–Crippen LogP) is 1.11. The van der Waals surface area contributed by atoms with Crippen LogP contribution in [0.15, 0.2) is 48.5 Å². The molecule has 2 aliphatic heterocycles. The number of aliphatic hydroxyl groups is 1. The van der Waals surface area contributed by atoms with E-state index >= 15 is 0 Å². The van der Waals surface area contributed by atoms with Gasteiger partial charge in [0.05, 0.1) is 17.6 Å². The van der Waals surface area contributed by atoms with Crippen molar-refractivity contribution in [3.8, 4) is 0 Å². The number of carbonyl (C=O) groups excluding carboxylic acids is 7. The van der Waals surface area contributed by atoms with E-state index in [-0.39, 0.29) is 42.3 Å². The molecule has 7 amide bonds. The minimum Gasteiger partial charge on any atom is -0.391 e. The lowest BCUT2D eigenvalue weighted by molar-refractivity contribution is -0.143. The molecular formula is C40H51ClFN7O8. The number of nitrogens with one attached hydrogen (secondary N) is 6. The first-order valence-electron chi connectivity index (χ1n) is 19.3. The molecule has 57 heavy (non-hydrogen) atoms. The summed E-state index contributed by atoms with van der Waals surface area (Å²) < 4.78 is 14.7. The molecule has 0 spiro atoms. The second kappa shape index (κ2) is 18.9. The first-order valence-corrected chi connectivity index (χ1v) is 19.7. The summed E-state index contributed by atoms with van der Waals surface area (Å²) in [5.41, 5.74) is 0.283. The van der Waals surface area contributed by atoms with Crippen molar-refractivity contribution in [2.75, 3.05) is 6.54 Å². The average molecular weight is 812 g/mol. The quantitative estimate of drug-likeness (QED) is 0.215. The van der Waals surface area contributed by atoms with Crippen LogP contribution in [0.2, 0.25) is 5.02 Å². The zero-order chi connectivity index (χ0) is 41.6. The molecular weight excluding hydrogens is 761 g/mol. The summed E-state index contributed by atoms with van der Waals surface area (Å²) in [6.07, 6.45) is 0.0584. The molecule has 15 nitrogen and oxygen atoms in total. The van der Waals surface area contributed by atoms with E-state index in [1.54, 1.807) is 30.3 Å². The molecule has 7 N–H and O–H groups in total. The van der Waals surface area contributed by atoms with Gasteiger partial charge in [0.2, 0.25) is 35.4 Å². The van der Waals surface area contributed by atoms with Gasteiger partial charge in [-0.15, -0.1) is 0 Å². The summed E-state index contributed by atoms with van der Waals surface area (Å²) in [6.45, 7) is 6.24. The Morgan fingerprint density at radius 2 is 1.58 bits per heavy atom. The molecule has 17 heteroatoms. The summed E-state index contributed by atoms with van der Waals surface area (Å²) in [7, 11) is 0. The fraction of sp³-hybridized carbons (Fsp3) is 0.525. The number of fused-ring (bicyclic) bond motifs is 2.